The third-order valence-electron chi connectivity index (χ3n) is 1.99. The molecule has 13 heavy (non-hydrogen) atoms. The van der Waals surface area contributed by atoms with Crippen LogP contribution in [0.25, 0.3) is 11.0 Å². The molecule has 0 aliphatic rings. The maximum atomic E-state index is 10.6. The molecule has 66 valence electrons. The van der Waals surface area contributed by atoms with E-state index in [1.165, 1.54) is 0 Å². The summed E-state index contributed by atoms with van der Waals surface area (Å²) in [5.41, 5.74) is 2.08. The number of aldehydes is 1. The molecule has 2 aromatic rings. The molecular weight excluding hydrogens is 188 g/mol. The Morgan fingerprint density at radius 1 is 1.54 bits per heavy atom. The van der Waals surface area contributed by atoms with E-state index in [0.29, 0.717) is 16.1 Å². The van der Waals surface area contributed by atoms with Gasteiger partial charge in [0, 0.05) is 12.6 Å². The molecule has 0 bridgehead atoms. The number of hydrogen-bond donors (Lipinski definition) is 0. The van der Waals surface area contributed by atoms with Gasteiger partial charge in [0.2, 0.25) is 0 Å². The Hall–Kier alpha value is -1.35. The molecule has 0 saturated heterocycles. The number of fused-ring (bicyclic) bond motifs is 1. The number of halogens is 1. The number of benzene rings is 1. The Balaban J connectivity index is 2.87. The summed E-state index contributed by atoms with van der Waals surface area (Å²) in [5.74, 6) is 0. The first-order chi connectivity index (χ1) is 6.24. The highest BCUT2D eigenvalue weighted by atomic mass is 35.5. The molecule has 0 saturated carbocycles. The molecule has 0 N–H and O–H groups in total. The van der Waals surface area contributed by atoms with Crippen LogP contribution in [0.15, 0.2) is 18.5 Å². The van der Waals surface area contributed by atoms with E-state index >= 15 is 0 Å². The molecule has 0 spiro atoms. The third kappa shape index (κ3) is 1.12. The van der Waals surface area contributed by atoms with Crippen molar-refractivity contribution < 1.29 is 4.79 Å². The molecule has 4 heteroatoms. The van der Waals surface area contributed by atoms with Crippen molar-refractivity contribution in [1.82, 2.24) is 9.55 Å². The van der Waals surface area contributed by atoms with Crippen LogP contribution < -0.4 is 0 Å². The van der Waals surface area contributed by atoms with Crippen LogP contribution in [-0.2, 0) is 7.05 Å². The summed E-state index contributed by atoms with van der Waals surface area (Å²) in [6.45, 7) is 0. The number of aryl methyl sites for hydroxylation is 1. The fourth-order valence-electron chi connectivity index (χ4n) is 1.27. The molecule has 0 atom stereocenters. The van der Waals surface area contributed by atoms with Gasteiger partial charge in [-0.3, -0.25) is 4.79 Å². The highest BCUT2D eigenvalue weighted by Gasteiger charge is 2.07. The van der Waals surface area contributed by atoms with E-state index < -0.39 is 0 Å². The minimum atomic E-state index is 0.424. The SMILES string of the molecule is Cn1cnc2c(Cl)c(C=O)ccc21. The smallest absolute Gasteiger partial charge is 0.151 e. The van der Waals surface area contributed by atoms with Gasteiger partial charge in [-0.25, -0.2) is 4.98 Å². The Morgan fingerprint density at radius 3 is 3.00 bits per heavy atom. The van der Waals surface area contributed by atoms with Crippen LogP contribution in [0.1, 0.15) is 10.4 Å². The van der Waals surface area contributed by atoms with Crippen molar-refractivity contribution in [3.63, 3.8) is 0 Å². The number of hydrogen-bond acceptors (Lipinski definition) is 2. The van der Waals surface area contributed by atoms with E-state index in [-0.39, 0.29) is 0 Å². The lowest BCUT2D eigenvalue weighted by Crippen LogP contribution is -1.86. The number of carbonyl (C=O) groups excluding carboxylic acids is 1. The normalized spacial score (nSPS) is 10.6. The number of imidazole rings is 1. The largest absolute Gasteiger partial charge is 0.334 e. The summed E-state index contributed by atoms with van der Waals surface area (Å²) in [4.78, 5) is 14.7. The second-order valence-electron chi connectivity index (χ2n) is 2.81. The monoisotopic (exact) mass is 194 g/mol. The minimum Gasteiger partial charge on any atom is -0.334 e. The number of rotatable bonds is 1. The van der Waals surface area contributed by atoms with Crippen LogP contribution in [0.5, 0.6) is 0 Å². The van der Waals surface area contributed by atoms with Gasteiger partial charge in [-0.15, -0.1) is 0 Å². The first-order valence-corrected chi connectivity index (χ1v) is 4.16. The van der Waals surface area contributed by atoms with Gasteiger partial charge in [0.25, 0.3) is 0 Å². The van der Waals surface area contributed by atoms with Crippen LogP contribution in [0.2, 0.25) is 5.02 Å². The van der Waals surface area contributed by atoms with Crippen LogP contribution in [0.3, 0.4) is 0 Å². The van der Waals surface area contributed by atoms with E-state index in [9.17, 15) is 4.79 Å². The summed E-state index contributed by atoms with van der Waals surface area (Å²) in [6, 6.07) is 3.53. The van der Waals surface area contributed by atoms with Gasteiger partial charge < -0.3 is 4.57 Å². The lowest BCUT2D eigenvalue weighted by molar-refractivity contribution is 0.112. The predicted molar refractivity (Wildman–Crippen MR) is 51.1 cm³/mol. The minimum absolute atomic E-state index is 0.424. The maximum absolute atomic E-state index is 10.6. The van der Waals surface area contributed by atoms with Gasteiger partial charge in [0.1, 0.15) is 5.52 Å². The van der Waals surface area contributed by atoms with Gasteiger partial charge in [0.05, 0.1) is 16.9 Å². The van der Waals surface area contributed by atoms with Crippen LogP contribution in [-0.4, -0.2) is 15.8 Å². The van der Waals surface area contributed by atoms with Crippen molar-refractivity contribution in [1.29, 1.82) is 0 Å². The molecule has 2 rings (SSSR count). The second kappa shape index (κ2) is 2.85. The van der Waals surface area contributed by atoms with Gasteiger partial charge in [-0.1, -0.05) is 11.6 Å². The number of carbonyl (C=O) groups is 1. The molecule has 0 radical (unpaired) electrons. The predicted octanol–water partition coefficient (Wildman–Crippen LogP) is 2.04. The molecule has 3 nitrogen and oxygen atoms in total. The highest BCUT2D eigenvalue weighted by Crippen LogP contribution is 2.24. The molecule has 0 unspecified atom stereocenters. The van der Waals surface area contributed by atoms with Gasteiger partial charge in [-0.05, 0) is 12.1 Å². The quantitative estimate of drug-likeness (QED) is 0.652. The van der Waals surface area contributed by atoms with Gasteiger partial charge >= 0.3 is 0 Å². The standard InChI is InChI=1S/C9H7ClN2O/c1-12-5-11-9-7(12)3-2-6(4-13)8(9)10/h2-5H,1H3. The molecule has 1 aromatic carbocycles. The van der Waals surface area contributed by atoms with Crippen molar-refractivity contribution in [2.75, 3.05) is 0 Å². The lowest BCUT2D eigenvalue weighted by Gasteiger charge is -1.97. The van der Waals surface area contributed by atoms with Crippen molar-refractivity contribution in [3.8, 4) is 0 Å². The fraction of sp³-hybridized carbons (Fsp3) is 0.111. The summed E-state index contributed by atoms with van der Waals surface area (Å²) in [6.07, 6.45) is 2.40. The van der Waals surface area contributed by atoms with Crippen LogP contribution >= 0.6 is 11.6 Å². The summed E-state index contributed by atoms with van der Waals surface area (Å²) in [7, 11) is 1.88. The van der Waals surface area contributed by atoms with Crippen molar-refractivity contribution in [2.45, 2.75) is 0 Å². The van der Waals surface area contributed by atoms with E-state index in [0.717, 1.165) is 11.8 Å². The Bertz CT molecular complexity index is 476. The second-order valence-corrected chi connectivity index (χ2v) is 3.19. The van der Waals surface area contributed by atoms with Gasteiger partial charge in [-0.2, -0.15) is 0 Å². The molecule has 0 aliphatic carbocycles. The summed E-state index contributed by atoms with van der Waals surface area (Å²) < 4.78 is 1.86. The zero-order chi connectivity index (χ0) is 9.42. The van der Waals surface area contributed by atoms with Gasteiger partial charge in [0.15, 0.2) is 6.29 Å². The van der Waals surface area contributed by atoms with Crippen molar-refractivity contribution in [2.24, 2.45) is 7.05 Å². The van der Waals surface area contributed by atoms with Crippen molar-refractivity contribution in [3.05, 3.63) is 29.0 Å². The third-order valence-corrected chi connectivity index (χ3v) is 2.39. The van der Waals surface area contributed by atoms with Crippen LogP contribution in [0, 0.1) is 0 Å². The lowest BCUT2D eigenvalue weighted by atomic mass is 10.2. The molecule has 1 heterocycles. The van der Waals surface area contributed by atoms with E-state index in [1.54, 1.807) is 12.4 Å². The zero-order valence-corrected chi connectivity index (χ0v) is 7.75. The summed E-state index contributed by atoms with van der Waals surface area (Å²) in [5, 5.41) is 0.424. The molecule has 1 aromatic heterocycles. The number of aromatic nitrogens is 2. The molecule has 0 amide bonds. The average Bonchev–Trinajstić information content (AvgIpc) is 2.50. The number of nitrogens with zero attached hydrogens (tertiary/aromatic N) is 2. The maximum Gasteiger partial charge on any atom is 0.151 e. The van der Waals surface area contributed by atoms with E-state index in [1.807, 2.05) is 17.7 Å². The van der Waals surface area contributed by atoms with E-state index in [4.69, 9.17) is 11.6 Å². The fourth-order valence-corrected chi connectivity index (χ4v) is 1.53. The topological polar surface area (TPSA) is 34.9 Å². The van der Waals surface area contributed by atoms with E-state index in [2.05, 4.69) is 4.98 Å². The average molecular weight is 195 g/mol. The Labute approximate surface area is 79.9 Å². The first kappa shape index (κ1) is 8.26. The first-order valence-electron chi connectivity index (χ1n) is 3.78. The Kier molecular flexibility index (Phi) is 1.81. The summed E-state index contributed by atoms with van der Waals surface area (Å²) >= 11 is 5.95. The van der Waals surface area contributed by atoms with Crippen molar-refractivity contribution >= 4 is 28.9 Å². The molecule has 0 aliphatic heterocycles. The molecular formula is C9H7ClN2O. The highest BCUT2D eigenvalue weighted by molar-refractivity contribution is 6.37. The van der Waals surface area contributed by atoms with Crippen LogP contribution in [0.4, 0.5) is 0 Å². The molecule has 0 fully saturated rings. The Morgan fingerprint density at radius 2 is 2.31 bits per heavy atom. The zero-order valence-electron chi connectivity index (χ0n) is 6.99.